The molecule has 0 saturated heterocycles. The third kappa shape index (κ3) is 4.38. The molecule has 0 heterocycles. The molecule has 1 rings (SSSR count). The van der Waals surface area contributed by atoms with Crippen LogP contribution in [-0.2, 0) is 0 Å². The molecule has 5 heteroatoms. The van der Waals surface area contributed by atoms with Crippen molar-refractivity contribution in [3.8, 4) is 0 Å². The fraction of sp³-hybridized carbons (Fsp3) is 1.00. The van der Waals surface area contributed by atoms with E-state index in [1.54, 1.807) is 0 Å². The molecule has 0 radical (unpaired) electrons. The van der Waals surface area contributed by atoms with Crippen molar-refractivity contribution in [2.24, 2.45) is 11.7 Å². The summed E-state index contributed by atoms with van der Waals surface area (Å²) in [5, 5.41) is 3.14. The maximum atomic E-state index is 12.5. The van der Waals surface area contributed by atoms with Crippen LogP contribution in [0.2, 0.25) is 0 Å². The zero-order chi connectivity index (χ0) is 11.3. The van der Waals surface area contributed by atoms with Gasteiger partial charge in [-0.3, -0.25) is 0 Å². The third-order valence-electron chi connectivity index (χ3n) is 2.95. The van der Waals surface area contributed by atoms with Crippen molar-refractivity contribution < 1.29 is 13.2 Å². The lowest BCUT2D eigenvalue weighted by molar-refractivity contribution is -0.183. The van der Waals surface area contributed by atoms with Crippen LogP contribution in [0.25, 0.3) is 0 Å². The van der Waals surface area contributed by atoms with Gasteiger partial charge < -0.3 is 11.1 Å². The first-order chi connectivity index (χ1) is 7.04. The van der Waals surface area contributed by atoms with Crippen LogP contribution in [0.5, 0.6) is 0 Å². The van der Waals surface area contributed by atoms with Gasteiger partial charge >= 0.3 is 6.18 Å². The summed E-state index contributed by atoms with van der Waals surface area (Å²) in [5.74, 6) is -1.11. The van der Waals surface area contributed by atoms with E-state index in [0.717, 1.165) is 19.4 Å². The van der Waals surface area contributed by atoms with Gasteiger partial charge in [-0.2, -0.15) is 13.2 Å². The Morgan fingerprint density at radius 3 is 2.60 bits per heavy atom. The number of hydrogen-bond donors (Lipinski definition) is 2. The van der Waals surface area contributed by atoms with E-state index in [9.17, 15) is 13.2 Å². The molecule has 0 aliphatic heterocycles. The predicted octanol–water partition coefficient (Wildman–Crippen LogP) is 2.05. The number of halogens is 3. The Bertz CT molecular complexity index is 182. The second-order valence-electron chi connectivity index (χ2n) is 4.20. The third-order valence-corrected chi connectivity index (χ3v) is 2.95. The minimum absolute atomic E-state index is 0.0249. The van der Waals surface area contributed by atoms with Gasteiger partial charge in [0.15, 0.2) is 0 Å². The number of rotatable bonds is 4. The minimum Gasteiger partial charge on any atom is -0.330 e. The van der Waals surface area contributed by atoms with Crippen molar-refractivity contribution in [3.05, 3.63) is 0 Å². The minimum atomic E-state index is -4.02. The van der Waals surface area contributed by atoms with E-state index in [4.69, 9.17) is 5.73 Å². The molecule has 1 aliphatic rings. The molecule has 0 aromatic rings. The van der Waals surface area contributed by atoms with Gasteiger partial charge in [-0.25, -0.2) is 0 Å². The lowest BCUT2D eigenvalue weighted by Gasteiger charge is -2.31. The average Bonchev–Trinajstić information content (AvgIpc) is 2.17. The van der Waals surface area contributed by atoms with Crippen molar-refractivity contribution >= 4 is 0 Å². The van der Waals surface area contributed by atoms with E-state index < -0.39 is 12.1 Å². The molecule has 1 fully saturated rings. The number of hydrogen-bond acceptors (Lipinski definition) is 2. The van der Waals surface area contributed by atoms with E-state index in [1.165, 1.54) is 0 Å². The maximum absolute atomic E-state index is 12.5. The van der Waals surface area contributed by atoms with Crippen LogP contribution in [0.15, 0.2) is 0 Å². The Morgan fingerprint density at radius 1 is 1.27 bits per heavy atom. The van der Waals surface area contributed by atoms with Crippen LogP contribution in [-0.4, -0.2) is 25.3 Å². The van der Waals surface area contributed by atoms with Crippen LogP contribution in [0.4, 0.5) is 13.2 Å². The van der Waals surface area contributed by atoms with Crippen LogP contribution < -0.4 is 11.1 Å². The Morgan fingerprint density at radius 2 is 2.00 bits per heavy atom. The van der Waals surface area contributed by atoms with Gasteiger partial charge in [0.25, 0.3) is 0 Å². The lowest BCUT2D eigenvalue weighted by Crippen LogP contribution is -2.39. The summed E-state index contributed by atoms with van der Waals surface area (Å²) in [5.41, 5.74) is 5.32. The Labute approximate surface area is 88.4 Å². The molecule has 1 aliphatic carbocycles. The van der Waals surface area contributed by atoms with E-state index in [-0.39, 0.29) is 12.5 Å². The first-order valence-electron chi connectivity index (χ1n) is 5.54. The Balaban J connectivity index is 2.29. The first-order valence-corrected chi connectivity index (χ1v) is 5.54. The second kappa shape index (κ2) is 5.70. The van der Waals surface area contributed by atoms with Crippen molar-refractivity contribution in [1.29, 1.82) is 0 Å². The zero-order valence-electron chi connectivity index (χ0n) is 8.82. The summed E-state index contributed by atoms with van der Waals surface area (Å²) < 4.78 is 37.4. The monoisotopic (exact) mass is 224 g/mol. The molecule has 0 amide bonds. The highest BCUT2D eigenvalue weighted by atomic mass is 19.4. The molecular weight excluding hydrogens is 205 g/mol. The molecule has 90 valence electrons. The van der Waals surface area contributed by atoms with Gasteiger partial charge in [-0.1, -0.05) is 6.42 Å². The quantitative estimate of drug-likeness (QED) is 0.717. The van der Waals surface area contributed by atoms with E-state index in [2.05, 4.69) is 5.32 Å². The van der Waals surface area contributed by atoms with Gasteiger partial charge in [0, 0.05) is 6.04 Å². The van der Waals surface area contributed by atoms with Gasteiger partial charge in [0.2, 0.25) is 0 Å². The average molecular weight is 224 g/mol. The highest BCUT2D eigenvalue weighted by Gasteiger charge is 2.41. The molecule has 0 aromatic carbocycles. The van der Waals surface area contributed by atoms with Crippen molar-refractivity contribution in [1.82, 2.24) is 5.32 Å². The van der Waals surface area contributed by atoms with E-state index in [1.807, 2.05) is 0 Å². The summed E-state index contributed by atoms with van der Waals surface area (Å²) in [4.78, 5) is 0. The molecule has 0 bridgehead atoms. The fourth-order valence-electron chi connectivity index (χ4n) is 2.08. The van der Waals surface area contributed by atoms with Crippen LogP contribution in [0.3, 0.4) is 0 Å². The normalized spacial score (nSPS) is 28.0. The van der Waals surface area contributed by atoms with E-state index in [0.29, 0.717) is 19.4 Å². The van der Waals surface area contributed by atoms with E-state index >= 15 is 0 Å². The standard InChI is InChI=1S/C10H19F3N2/c11-10(12,13)8-3-1-4-9(7-8)15-6-2-5-14/h8-9,15H,1-7,14H2. The summed E-state index contributed by atoms with van der Waals surface area (Å²) in [6, 6.07) is 0.0249. The topological polar surface area (TPSA) is 38.0 Å². The molecular formula is C10H19F3N2. The van der Waals surface area contributed by atoms with Crippen LogP contribution >= 0.6 is 0 Å². The van der Waals surface area contributed by atoms with Crippen LogP contribution in [0.1, 0.15) is 32.1 Å². The maximum Gasteiger partial charge on any atom is 0.391 e. The highest BCUT2D eigenvalue weighted by molar-refractivity contribution is 4.81. The SMILES string of the molecule is NCCCNC1CCCC(C(F)(F)F)C1. The molecule has 1 saturated carbocycles. The molecule has 2 unspecified atom stereocenters. The van der Waals surface area contributed by atoms with Crippen molar-refractivity contribution in [3.63, 3.8) is 0 Å². The van der Waals surface area contributed by atoms with Crippen LogP contribution in [0, 0.1) is 5.92 Å². The summed E-state index contributed by atoms with van der Waals surface area (Å²) in [6.07, 6.45) is -1.14. The highest BCUT2D eigenvalue weighted by Crippen LogP contribution is 2.37. The largest absolute Gasteiger partial charge is 0.391 e. The van der Waals surface area contributed by atoms with Gasteiger partial charge in [0.05, 0.1) is 5.92 Å². The predicted molar refractivity (Wildman–Crippen MR) is 53.5 cm³/mol. The summed E-state index contributed by atoms with van der Waals surface area (Å²) in [7, 11) is 0. The van der Waals surface area contributed by atoms with Gasteiger partial charge in [0.1, 0.15) is 0 Å². The molecule has 15 heavy (non-hydrogen) atoms. The number of nitrogens with one attached hydrogen (secondary N) is 1. The van der Waals surface area contributed by atoms with Crippen molar-refractivity contribution in [2.45, 2.75) is 44.3 Å². The first kappa shape index (κ1) is 12.8. The van der Waals surface area contributed by atoms with Gasteiger partial charge in [-0.15, -0.1) is 0 Å². The Hall–Kier alpha value is -0.290. The fourth-order valence-corrected chi connectivity index (χ4v) is 2.08. The van der Waals surface area contributed by atoms with Gasteiger partial charge in [-0.05, 0) is 38.8 Å². The summed E-state index contributed by atoms with van der Waals surface area (Å²) in [6.45, 7) is 1.31. The van der Waals surface area contributed by atoms with Crippen molar-refractivity contribution in [2.75, 3.05) is 13.1 Å². The Kier molecular flexibility index (Phi) is 4.86. The number of alkyl halides is 3. The smallest absolute Gasteiger partial charge is 0.330 e. The molecule has 0 spiro atoms. The summed E-state index contributed by atoms with van der Waals surface area (Å²) >= 11 is 0. The molecule has 2 nitrogen and oxygen atoms in total. The molecule has 2 atom stereocenters. The second-order valence-corrected chi connectivity index (χ2v) is 4.20. The molecule has 3 N–H and O–H groups in total. The molecule has 0 aromatic heterocycles. The lowest BCUT2D eigenvalue weighted by atomic mass is 9.85. The zero-order valence-corrected chi connectivity index (χ0v) is 8.82. The number of nitrogens with two attached hydrogens (primary N) is 1.